The van der Waals surface area contributed by atoms with Crippen molar-refractivity contribution in [3.8, 4) is 0 Å². The van der Waals surface area contributed by atoms with Crippen LogP contribution in [-0.4, -0.2) is 11.9 Å². The first-order valence-corrected chi connectivity index (χ1v) is 7.17. The zero-order valence-corrected chi connectivity index (χ0v) is 13.0. The van der Waals surface area contributed by atoms with Crippen LogP contribution in [-0.2, 0) is 0 Å². The smallest absolute Gasteiger partial charge is 0.316 e. The van der Waals surface area contributed by atoms with Gasteiger partial charge in [0.1, 0.15) is 5.82 Å². The summed E-state index contributed by atoms with van der Waals surface area (Å²) >= 11 is 5.78. The SMILES string of the molecule is C[C@@H](NC(=O)c1cc(Cl)ccc1F)c1ccc(NC(N)=O)cc1. The van der Waals surface area contributed by atoms with Crippen LogP contribution in [0, 0.1) is 5.82 Å². The number of hydrogen-bond donors (Lipinski definition) is 3. The van der Waals surface area contributed by atoms with Crippen LogP contribution in [0.2, 0.25) is 5.02 Å². The van der Waals surface area contributed by atoms with Crippen molar-refractivity contribution >= 4 is 29.2 Å². The van der Waals surface area contributed by atoms with Gasteiger partial charge in [0.2, 0.25) is 0 Å². The van der Waals surface area contributed by atoms with E-state index in [4.69, 9.17) is 17.3 Å². The number of rotatable bonds is 4. The van der Waals surface area contributed by atoms with E-state index in [1.807, 2.05) is 0 Å². The minimum atomic E-state index is -0.657. The zero-order valence-electron chi connectivity index (χ0n) is 12.3. The lowest BCUT2D eigenvalue weighted by atomic mass is 10.1. The maximum absolute atomic E-state index is 13.7. The second-order valence-electron chi connectivity index (χ2n) is 4.93. The molecule has 4 N–H and O–H groups in total. The van der Waals surface area contributed by atoms with E-state index in [0.717, 1.165) is 11.6 Å². The Bertz CT molecular complexity index is 735. The van der Waals surface area contributed by atoms with E-state index < -0.39 is 17.8 Å². The summed E-state index contributed by atoms with van der Waals surface area (Å²) in [6.07, 6.45) is 0. The second kappa shape index (κ2) is 7.11. The lowest BCUT2D eigenvalue weighted by molar-refractivity contribution is 0.0936. The Morgan fingerprint density at radius 2 is 1.83 bits per heavy atom. The molecule has 0 aliphatic heterocycles. The van der Waals surface area contributed by atoms with Crippen LogP contribution >= 0.6 is 11.6 Å². The fourth-order valence-electron chi connectivity index (χ4n) is 2.03. The van der Waals surface area contributed by atoms with Crippen LogP contribution in [0.5, 0.6) is 0 Å². The average Bonchev–Trinajstić information content (AvgIpc) is 2.49. The van der Waals surface area contributed by atoms with Gasteiger partial charge < -0.3 is 16.4 Å². The van der Waals surface area contributed by atoms with Crippen molar-refractivity contribution in [1.82, 2.24) is 5.32 Å². The third-order valence-electron chi connectivity index (χ3n) is 3.20. The second-order valence-corrected chi connectivity index (χ2v) is 5.37. The van der Waals surface area contributed by atoms with Crippen molar-refractivity contribution in [3.05, 3.63) is 64.4 Å². The largest absolute Gasteiger partial charge is 0.351 e. The molecule has 1 atom stereocenters. The van der Waals surface area contributed by atoms with Crippen molar-refractivity contribution in [2.24, 2.45) is 5.73 Å². The summed E-state index contributed by atoms with van der Waals surface area (Å²) in [7, 11) is 0. The minimum Gasteiger partial charge on any atom is -0.351 e. The Kier molecular flexibility index (Phi) is 5.18. The number of primary amides is 1. The summed E-state index contributed by atoms with van der Waals surface area (Å²) in [6.45, 7) is 1.76. The molecule has 3 amide bonds. The molecule has 7 heteroatoms. The summed E-state index contributed by atoms with van der Waals surface area (Å²) in [5.41, 5.74) is 6.24. The number of halogens is 2. The fraction of sp³-hybridized carbons (Fsp3) is 0.125. The molecule has 0 aromatic heterocycles. The van der Waals surface area contributed by atoms with Crippen molar-refractivity contribution in [2.45, 2.75) is 13.0 Å². The molecule has 2 aromatic rings. The lowest BCUT2D eigenvalue weighted by Crippen LogP contribution is -2.27. The van der Waals surface area contributed by atoms with Crippen LogP contribution in [0.3, 0.4) is 0 Å². The number of amides is 3. The van der Waals surface area contributed by atoms with Crippen LogP contribution in [0.15, 0.2) is 42.5 Å². The van der Waals surface area contributed by atoms with Gasteiger partial charge in [0.25, 0.3) is 5.91 Å². The third kappa shape index (κ3) is 4.43. The molecule has 0 aliphatic carbocycles. The maximum atomic E-state index is 13.7. The normalized spacial score (nSPS) is 11.6. The number of nitrogens with one attached hydrogen (secondary N) is 2. The highest BCUT2D eigenvalue weighted by Crippen LogP contribution is 2.19. The van der Waals surface area contributed by atoms with Crippen LogP contribution < -0.4 is 16.4 Å². The van der Waals surface area contributed by atoms with Gasteiger partial charge in [0.05, 0.1) is 11.6 Å². The van der Waals surface area contributed by atoms with Crippen LogP contribution in [0.4, 0.5) is 14.9 Å². The van der Waals surface area contributed by atoms with Gasteiger partial charge in [-0.2, -0.15) is 0 Å². The molecule has 120 valence electrons. The Balaban J connectivity index is 2.09. The van der Waals surface area contributed by atoms with Crippen LogP contribution in [0.1, 0.15) is 28.9 Å². The van der Waals surface area contributed by atoms with Crippen LogP contribution in [0.25, 0.3) is 0 Å². The first kappa shape index (κ1) is 16.8. The van der Waals surface area contributed by atoms with E-state index in [9.17, 15) is 14.0 Å². The van der Waals surface area contributed by atoms with E-state index in [1.54, 1.807) is 31.2 Å². The number of anilines is 1. The van der Waals surface area contributed by atoms with E-state index in [-0.39, 0.29) is 16.6 Å². The third-order valence-corrected chi connectivity index (χ3v) is 3.43. The number of carbonyl (C=O) groups excluding carboxylic acids is 2. The number of carbonyl (C=O) groups is 2. The van der Waals surface area contributed by atoms with Gasteiger partial charge in [-0.25, -0.2) is 9.18 Å². The van der Waals surface area contributed by atoms with E-state index in [1.165, 1.54) is 12.1 Å². The molecule has 23 heavy (non-hydrogen) atoms. The molecule has 0 fully saturated rings. The molecule has 0 saturated carbocycles. The Hall–Kier alpha value is -2.60. The molecule has 0 saturated heterocycles. The fourth-order valence-corrected chi connectivity index (χ4v) is 2.20. The van der Waals surface area contributed by atoms with Gasteiger partial charge in [-0.05, 0) is 42.8 Å². The lowest BCUT2D eigenvalue weighted by Gasteiger charge is -2.15. The average molecular weight is 336 g/mol. The van der Waals surface area contributed by atoms with Crippen molar-refractivity contribution in [3.63, 3.8) is 0 Å². The number of nitrogens with two attached hydrogens (primary N) is 1. The molecule has 0 unspecified atom stereocenters. The molecule has 0 bridgehead atoms. The van der Waals surface area contributed by atoms with E-state index in [0.29, 0.717) is 5.69 Å². The molecule has 0 radical (unpaired) electrons. The quantitative estimate of drug-likeness (QED) is 0.799. The van der Waals surface area contributed by atoms with Gasteiger partial charge >= 0.3 is 6.03 Å². The highest BCUT2D eigenvalue weighted by Gasteiger charge is 2.15. The number of benzene rings is 2. The highest BCUT2D eigenvalue weighted by atomic mass is 35.5. The summed E-state index contributed by atoms with van der Waals surface area (Å²) in [6, 6.07) is 9.55. The summed E-state index contributed by atoms with van der Waals surface area (Å²) < 4.78 is 13.7. The molecule has 0 aliphatic rings. The topological polar surface area (TPSA) is 84.2 Å². The van der Waals surface area contributed by atoms with E-state index >= 15 is 0 Å². The predicted molar refractivity (Wildman–Crippen MR) is 86.9 cm³/mol. The Morgan fingerprint density at radius 1 is 1.17 bits per heavy atom. The highest BCUT2D eigenvalue weighted by molar-refractivity contribution is 6.31. The first-order valence-electron chi connectivity index (χ1n) is 6.79. The predicted octanol–water partition coefficient (Wildman–Crippen LogP) is 3.46. The monoisotopic (exact) mass is 335 g/mol. The molecular formula is C16H15ClFN3O2. The molecule has 0 spiro atoms. The van der Waals surface area contributed by atoms with Gasteiger partial charge in [0, 0.05) is 10.7 Å². The molecule has 0 heterocycles. The summed E-state index contributed by atoms with van der Waals surface area (Å²) in [5, 5.41) is 5.41. The van der Waals surface area contributed by atoms with Crippen molar-refractivity contribution in [1.29, 1.82) is 0 Å². The van der Waals surface area contributed by atoms with Gasteiger partial charge in [-0.3, -0.25) is 4.79 Å². The number of urea groups is 1. The van der Waals surface area contributed by atoms with Crippen molar-refractivity contribution < 1.29 is 14.0 Å². The maximum Gasteiger partial charge on any atom is 0.316 e. The van der Waals surface area contributed by atoms with E-state index in [2.05, 4.69) is 10.6 Å². The van der Waals surface area contributed by atoms with Gasteiger partial charge in [0.15, 0.2) is 0 Å². The minimum absolute atomic E-state index is 0.114. The summed E-state index contributed by atoms with van der Waals surface area (Å²) in [5.74, 6) is -1.20. The molecule has 5 nitrogen and oxygen atoms in total. The van der Waals surface area contributed by atoms with Gasteiger partial charge in [-0.1, -0.05) is 23.7 Å². The van der Waals surface area contributed by atoms with Crippen molar-refractivity contribution in [2.75, 3.05) is 5.32 Å². The molecule has 2 aromatic carbocycles. The Morgan fingerprint density at radius 3 is 2.43 bits per heavy atom. The number of hydrogen-bond acceptors (Lipinski definition) is 2. The standard InChI is InChI=1S/C16H15ClFN3O2/c1-9(10-2-5-12(6-3-10)21-16(19)23)20-15(22)13-8-11(17)4-7-14(13)18/h2-9H,1H3,(H,20,22)(H3,19,21,23)/t9-/m1/s1. The molecule has 2 rings (SSSR count). The first-order chi connectivity index (χ1) is 10.9. The van der Waals surface area contributed by atoms with Gasteiger partial charge in [-0.15, -0.1) is 0 Å². The summed E-state index contributed by atoms with van der Waals surface area (Å²) in [4.78, 5) is 22.9. The zero-order chi connectivity index (χ0) is 17.0. The molecular weight excluding hydrogens is 321 g/mol. The Labute approximate surface area is 137 Å².